The van der Waals surface area contributed by atoms with Gasteiger partial charge in [0, 0.05) is 25.6 Å². The number of rotatable bonds is 13. The Morgan fingerprint density at radius 3 is 2.82 bits per heavy atom. The largest absolute Gasteiger partial charge is 0.756 e. The molecule has 8 N–H and O–H groups in total. The fourth-order valence-corrected chi connectivity index (χ4v) is 3.97. The zero-order valence-corrected chi connectivity index (χ0v) is 21.2. The molecule has 4 atom stereocenters. The summed E-state index contributed by atoms with van der Waals surface area (Å²) < 4.78 is 32.8. The highest BCUT2D eigenvalue weighted by atomic mass is 31.2. The molecule has 1 saturated heterocycles. The van der Waals surface area contributed by atoms with Crippen molar-refractivity contribution in [3.05, 3.63) is 22.1 Å². The van der Waals surface area contributed by atoms with Crippen molar-refractivity contribution in [3.8, 4) is 11.8 Å². The lowest BCUT2D eigenvalue weighted by Gasteiger charge is -2.20. The van der Waals surface area contributed by atoms with E-state index in [1.807, 2.05) is 0 Å². The Morgan fingerprint density at radius 2 is 2.11 bits per heavy atom. The van der Waals surface area contributed by atoms with Crippen LogP contribution in [0.2, 0.25) is 0 Å². The number of anilines is 1. The van der Waals surface area contributed by atoms with E-state index in [0.717, 1.165) is 0 Å². The van der Waals surface area contributed by atoms with E-state index in [1.165, 1.54) is 10.8 Å². The monoisotopic (exact) mass is 557 g/mol. The molecule has 17 heteroatoms. The average molecular weight is 557 g/mol. The number of aromatic nitrogens is 3. The third kappa shape index (κ3) is 8.60. The predicted molar refractivity (Wildman–Crippen MR) is 130 cm³/mol. The number of nitrogens with one attached hydrogen (secondary N) is 2. The molecular formula is C21H30N6O10P-. The first-order chi connectivity index (χ1) is 18.1. The number of carbonyl (C=O) groups excluding carboxylic acids is 1. The van der Waals surface area contributed by atoms with Crippen LogP contribution in [0.25, 0.3) is 11.0 Å². The lowest BCUT2D eigenvalue weighted by molar-refractivity contribution is -0.222. The summed E-state index contributed by atoms with van der Waals surface area (Å²) >= 11 is 0. The molecule has 2 aromatic rings. The summed E-state index contributed by atoms with van der Waals surface area (Å²) in [6.45, 7) is 1.21. The number of carbonyl (C=O) groups is 1. The van der Waals surface area contributed by atoms with Gasteiger partial charge in [0.2, 0.25) is 11.9 Å². The molecule has 0 aliphatic carbocycles. The van der Waals surface area contributed by atoms with Crippen molar-refractivity contribution in [1.29, 1.82) is 0 Å². The second-order valence-electron chi connectivity index (χ2n) is 8.14. The van der Waals surface area contributed by atoms with E-state index in [4.69, 9.17) is 30.6 Å². The van der Waals surface area contributed by atoms with E-state index in [1.54, 1.807) is 0 Å². The first kappa shape index (κ1) is 29.7. The topological polar surface area (TPSA) is 249 Å². The van der Waals surface area contributed by atoms with Gasteiger partial charge in [-0.2, -0.15) is 4.98 Å². The fourth-order valence-electron chi connectivity index (χ4n) is 3.63. The lowest BCUT2D eigenvalue weighted by atomic mass is 10.2. The van der Waals surface area contributed by atoms with E-state index in [-0.39, 0.29) is 54.4 Å². The summed E-state index contributed by atoms with van der Waals surface area (Å²) in [5.74, 6) is 5.14. The quantitative estimate of drug-likeness (QED) is 0.0833. The second kappa shape index (κ2) is 13.8. The standard InChI is InChI=1S/C21H31N6O10P/c22-4-7-35-9-8-34-6-3-16(29)24-5-1-2-13-11-27(19-18(13)20(30)26-21(23)25-19)17-10-14(28)15(37-17)12-36-38(31,32)33/h11,14-15,17,28H,3-10,12,22H2,(H,24,29)(H2,31,32,33)(H3,23,25,26,30)/p-1/t14-,15-,17-/m1/s1. The average Bonchev–Trinajstić information content (AvgIpc) is 3.39. The predicted octanol–water partition coefficient (Wildman–Crippen LogP) is -2.72. The third-order valence-corrected chi connectivity index (χ3v) is 5.80. The Labute approximate surface area is 216 Å². The molecule has 0 radical (unpaired) electrons. The molecule has 1 aliphatic heterocycles. The van der Waals surface area contributed by atoms with Crippen molar-refractivity contribution >= 4 is 30.7 Å². The molecule has 16 nitrogen and oxygen atoms in total. The number of nitrogens with two attached hydrogens (primary N) is 2. The van der Waals surface area contributed by atoms with Crippen LogP contribution in [-0.2, 0) is 28.1 Å². The van der Waals surface area contributed by atoms with Gasteiger partial charge in [0.1, 0.15) is 12.3 Å². The zero-order chi connectivity index (χ0) is 27.7. The summed E-state index contributed by atoms with van der Waals surface area (Å²) in [6.07, 6.45) is -1.45. The number of nitrogens with zero attached hydrogens (tertiary/aromatic N) is 2. The lowest BCUT2D eigenvalue weighted by Crippen LogP contribution is -2.26. The first-order valence-electron chi connectivity index (χ1n) is 11.6. The maximum Gasteiger partial charge on any atom is 0.265 e. The molecule has 210 valence electrons. The van der Waals surface area contributed by atoms with Gasteiger partial charge >= 0.3 is 0 Å². The van der Waals surface area contributed by atoms with E-state index < -0.39 is 38.4 Å². The second-order valence-corrected chi connectivity index (χ2v) is 9.33. The summed E-state index contributed by atoms with van der Waals surface area (Å²) in [4.78, 5) is 50.8. The van der Waals surface area contributed by atoms with Crippen molar-refractivity contribution < 1.29 is 43.0 Å². The van der Waals surface area contributed by atoms with Gasteiger partial charge in [0.25, 0.3) is 13.4 Å². The Bertz CT molecular complexity index is 1260. The molecule has 0 spiro atoms. The van der Waals surface area contributed by atoms with Gasteiger partial charge in [0.05, 0.1) is 56.6 Å². The number of aromatic amines is 1. The molecule has 3 heterocycles. The number of ether oxygens (including phenoxy) is 3. The van der Waals surface area contributed by atoms with E-state index >= 15 is 0 Å². The number of fused-ring (bicyclic) bond motifs is 1. The Hall–Kier alpha value is -2.84. The van der Waals surface area contributed by atoms with Crippen LogP contribution in [0.15, 0.2) is 11.0 Å². The molecule has 1 fully saturated rings. The maximum absolute atomic E-state index is 12.6. The number of amides is 1. The Morgan fingerprint density at radius 1 is 1.37 bits per heavy atom. The van der Waals surface area contributed by atoms with Crippen LogP contribution in [0.1, 0.15) is 24.6 Å². The number of hydrogen-bond donors (Lipinski definition) is 6. The van der Waals surface area contributed by atoms with Gasteiger partial charge < -0.3 is 55.0 Å². The maximum atomic E-state index is 12.6. The van der Waals surface area contributed by atoms with Crippen LogP contribution in [0.4, 0.5) is 5.95 Å². The van der Waals surface area contributed by atoms with Crippen molar-refractivity contribution in [3.63, 3.8) is 0 Å². The first-order valence-corrected chi connectivity index (χ1v) is 13.1. The van der Waals surface area contributed by atoms with Crippen molar-refractivity contribution in [2.45, 2.75) is 31.3 Å². The SMILES string of the molecule is NCCOCCOCCC(=O)NCC#Cc1cn([C@H]2C[C@@H](O)[C@@H](COP(=O)([O-])O)O2)c2nc(N)[nH]c(=O)c12. The van der Waals surface area contributed by atoms with Crippen LogP contribution < -0.4 is 27.2 Å². The molecule has 38 heavy (non-hydrogen) atoms. The molecule has 2 aromatic heterocycles. The van der Waals surface area contributed by atoms with Crippen molar-refractivity contribution in [1.82, 2.24) is 19.9 Å². The number of hydrogen-bond acceptors (Lipinski definition) is 12. The summed E-state index contributed by atoms with van der Waals surface area (Å²) in [7, 11) is -5.01. The Balaban J connectivity index is 1.64. The number of nitrogen functional groups attached to an aromatic ring is 1. The number of phosphoric acid groups is 1. The van der Waals surface area contributed by atoms with Crippen molar-refractivity contribution in [2.75, 3.05) is 51.9 Å². The Kier molecular flexibility index (Phi) is 10.8. The van der Waals surface area contributed by atoms with E-state index in [9.17, 15) is 24.2 Å². The molecule has 3 rings (SSSR count). The van der Waals surface area contributed by atoms with Crippen LogP contribution in [0.3, 0.4) is 0 Å². The minimum Gasteiger partial charge on any atom is -0.756 e. The summed E-state index contributed by atoms with van der Waals surface area (Å²) in [5.41, 5.74) is 10.8. The third-order valence-electron chi connectivity index (χ3n) is 5.32. The van der Waals surface area contributed by atoms with E-state index in [2.05, 4.69) is 31.6 Å². The highest BCUT2D eigenvalue weighted by Gasteiger charge is 2.37. The van der Waals surface area contributed by atoms with Crippen LogP contribution >= 0.6 is 7.82 Å². The van der Waals surface area contributed by atoms with Crippen molar-refractivity contribution in [2.24, 2.45) is 5.73 Å². The van der Waals surface area contributed by atoms with Crippen LogP contribution in [0.5, 0.6) is 0 Å². The van der Waals surface area contributed by atoms with Gasteiger partial charge in [-0.25, -0.2) is 0 Å². The van der Waals surface area contributed by atoms with Gasteiger partial charge in [0.15, 0.2) is 5.65 Å². The highest BCUT2D eigenvalue weighted by molar-refractivity contribution is 7.44. The van der Waals surface area contributed by atoms with Gasteiger partial charge in [-0.1, -0.05) is 11.8 Å². The summed E-state index contributed by atoms with van der Waals surface area (Å²) in [6, 6.07) is 0. The smallest absolute Gasteiger partial charge is 0.265 e. The molecule has 1 aliphatic rings. The number of H-pyrrole nitrogens is 1. The fraction of sp³-hybridized carbons (Fsp3) is 0.571. The number of aliphatic hydroxyl groups excluding tert-OH is 1. The minimum absolute atomic E-state index is 0.000109. The molecule has 0 aromatic carbocycles. The zero-order valence-electron chi connectivity index (χ0n) is 20.3. The number of phosphoric ester groups is 1. The van der Waals surface area contributed by atoms with E-state index in [0.29, 0.717) is 26.4 Å². The molecule has 0 saturated carbocycles. The molecular weight excluding hydrogens is 527 g/mol. The number of aliphatic hydroxyl groups is 1. The summed E-state index contributed by atoms with van der Waals surface area (Å²) in [5, 5.41) is 13.0. The molecule has 1 unspecified atom stereocenters. The molecule has 0 bridgehead atoms. The van der Waals surface area contributed by atoms with Gasteiger partial charge in [-0.3, -0.25) is 19.1 Å². The minimum atomic E-state index is -5.01. The van der Waals surface area contributed by atoms with Gasteiger partial charge in [-0.15, -0.1) is 0 Å². The normalized spacial score (nSPS) is 20.7. The van der Waals surface area contributed by atoms with Crippen LogP contribution in [-0.4, -0.2) is 88.8 Å². The molecule has 1 amide bonds. The van der Waals surface area contributed by atoms with Crippen LogP contribution in [0, 0.1) is 11.8 Å². The highest BCUT2D eigenvalue weighted by Crippen LogP contribution is 2.36. The van der Waals surface area contributed by atoms with Gasteiger partial charge in [-0.05, 0) is 0 Å².